The van der Waals surface area contributed by atoms with Gasteiger partial charge in [0.25, 0.3) is 17.3 Å². The van der Waals surface area contributed by atoms with E-state index in [0.717, 1.165) is 10.6 Å². The summed E-state index contributed by atoms with van der Waals surface area (Å²) in [7, 11) is 1.52. The third-order valence-corrected chi connectivity index (χ3v) is 11.2. The fraction of sp³-hybridized carbons (Fsp3) is 0.568. The van der Waals surface area contributed by atoms with Crippen LogP contribution in [-0.2, 0) is 11.3 Å². The van der Waals surface area contributed by atoms with E-state index < -0.39 is 24.4 Å². The van der Waals surface area contributed by atoms with E-state index in [4.69, 9.17) is 24.2 Å². The lowest BCUT2D eigenvalue weighted by Gasteiger charge is -2.40. The van der Waals surface area contributed by atoms with Crippen molar-refractivity contribution in [3.63, 3.8) is 0 Å². The van der Waals surface area contributed by atoms with Crippen molar-refractivity contribution < 1.29 is 32.2 Å². The van der Waals surface area contributed by atoms with E-state index in [1.807, 2.05) is 40.0 Å². The highest BCUT2D eigenvalue weighted by Gasteiger charge is 2.48. The van der Waals surface area contributed by atoms with E-state index in [9.17, 15) is 22.8 Å². The number of aromatic amines is 1. The molecule has 2 aliphatic heterocycles. The highest BCUT2D eigenvalue weighted by atomic mass is 32.2. The van der Waals surface area contributed by atoms with E-state index >= 15 is 0 Å². The van der Waals surface area contributed by atoms with Gasteiger partial charge in [-0.2, -0.15) is 13.2 Å². The number of fused-ring (bicyclic) bond motifs is 1. The number of rotatable bonds is 9. The number of benzene rings is 1. The smallest absolute Gasteiger partial charge is 0.401 e. The largest absolute Gasteiger partial charge is 0.448 e. The minimum Gasteiger partial charge on any atom is -0.448 e. The summed E-state index contributed by atoms with van der Waals surface area (Å²) < 4.78 is 58.5. The summed E-state index contributed by atoms with van der Waals surface area (Å²) in [6, 6.07) is 3.42. The van der Waals surface area contributed by atoms with Gasteiger partial charge in [-0.25, -0.2) is 9.97 Å². The Morgan fingerprint density at radius 2 is 1.71 bits per heavy atom. The summed E-state index contributed by atoms with van der Waals surface area (Å²) in [5.74, 6) is -0.185. The number of alkyl halides is 3. The molecule has 15 heteroatoms. The maximum atomic E-state index is 13.9. The average Bonchev–Trinajstić information content (AvgIpc) is 3.45. The highest BCUT2D eigenvalue weighted by molar-refractivity contribution is 7.98. The number of morpholine rings is 1. The van der Waals surface area contributed by atoms with Gasteiger partial charge in [-0.1, -0.05) is 0 Å². The van der Waals surface area contributed by atoms with Gasteiger partial charge in [0.1, 0.15) is 0 Å². The molecule has 1 aliphatic carbocycles. The van der Waals surface area contributed by atoms with Crippen LogP contribution in [-0.4, -0.2) is 88.9 Å². The molecule has 1 saturated carbocycles. The number of pyridine rings is 1. The molecule has 1 aromatic carbocycles. The van der Waals surface area contributed by atoms with Gasteiger partial charge >= 0.3 is 6.18 Å². The first-order valence-electron chi connectivity index (χ1n) is 17.7. The molecule has 52 heavy (non-hydrogen) atoms. The van der Waals surface area contributed by atoms with Crippen molar-refractivity contribution in [1.82, 2.24) is 25.2 Å². The number of nitrogens with one attached hydrogen (secondary N) is 2. The quantitative estimate of drug-likeness (QED) is 0.243. The van der Waals surface area contributed by atoms with Crippen molar-refractivity contribution in [3.8, 4) is 22.6 Å². The minimum absolute atomic E-state index is 0.0196. The van der Waals surface area contributed by atoms with Crippen LogP contribution in [0.5, 0.6) is 11.5 Å². The second kappa shape index (κ2) is 14.9. The number of aromatic nitrogens is 3. The summed E-state index contributed by atoms with van der Waals surface area (Å²) in [5, 5.41) is 2.93. The molecule has 2 fully saturated rings. The van der Waals surface area contributed by atoms with Gasteiger partial charge in [0, 0.05) is 89.3 Å². The molecule has 0 spiro atoms. The van der Waals surface area contributed by atoms with Gasteiger partial charge in [-0.05, 0) is 78.8 Å². The number of anilines is 1. The normalized spacial score (nSPS) is 24.7. The third kappa shape index (κ3) is 8.05. The number of carbonyl (C=O) groups is 1. The first kappa shape index (κ1) is 37.9. The van der Waals surface area contributed by atoms with Crippen LogP contribution in [0.2, 0.25) is 0 Å². The topological polar surface area (TPSA) is 122 Å². The summed E-state index contributed by atoms with van der Waals surface area (Å²) in [5.41, 5.74) is 3.03. The first-order chi connectivity index (χ1) is 24.5. The number of ether oxygens (including phenoxy) is 3. The van der Waals surface area contributed by atoms with Gasteiger partial charge in [-0.3, -0.25) is 14.5 Å². The maximum Gasteiger partial charge on any atom is 0.401 e. The van der Waals surface area contributed by atoms with Crippen molar-refractivity contribution in [2.45, 2.75) is 102 Å². The van der Waals surface area contributed by atoms with E-state index in [1.54, 1.807) is 25.4 Å². The monoisotopic (exact) mass is 744 g/mol. The maximum absolute atomic E-state index is 13.9. The molecule has 6 rings (SSSR count). The molecule has 4 heterocycles. The predicted molar refractivity (Wildman–Crippen MR) is 193 cm³/mol. The predicted octanol–water partition coefficient (Wildman–Crippen LogP) is 6.25. The molecular formula is C37H47F3N6O5S. The number of hydrogen-bond acceptors (Lipinski definition) is 10. The van der Waals surface area contributed by atoms with Gasteiger partial charge < -0.3 is 29.4 Å². The number of H-pyrrole nitrogens is 1. The van der Waals surface area contributed by atoms with E-state index in [-0.39, 0.29) is 36.3 Å². The molecule has 1 saturated heterocycles. The van der Waals surface area contributed by atoms with Crippen LogP contribution >= 0.6 is 11.8 Å². The van der Waals surface area contributed by atoms with Crippen LogP contribution in [0, 0.1) is 19.8 Å². The average molecular weight is 745 g/mol. The number of carbonyl (C=O) groups excluding carboxylic acids is 1. The molecule has 3 aliphatic rings. The third-order valence-electron chi connectivity index (χ3n) is 10.4. The fourth-order valence-electron chi connectivity index (χ4n) is 7.72. The van der Waals surface area contributed by atoms with Crippen LogP contribution in [0.4, 0.5) is 19.1 Å². The van der Waals surface area contributed by atoms with Gasteiger partial charge in [0.2, 0.25) is 5.95 Å². The number of thioether (sulfide) groups is 1. The summed E-state index contributed by atoms with van der Waals surface area (Å²) in [4.78, 5) is 43.2. The van der Waals surface area contributed by atoms with Crippen molar-refractivity contribution in [2.24, 2.45) is 5.92 Å². The number of amides is 1. The molecule has 282 valence electrons. The van der Waals surface area contributed by atoms with Crippen LogP contribution in [0.3, 0.4) is 0 Å². The zero-order chi connectivity index (χ0) is 37.5. The lowest BCUT2D eigenvalue weighted by molar-refractivity contribution is -0.153. The molecule has 1 unspecified atom stereocenters. The molecule has 11 nitrogen and oxygen atoms in total. The Balaban J connectivity index is 1.30. The number of nitrogens with zero attached hydrogens (tertiary/aromatic N) is 4. The summed E-state index contributed by atoms with van der Waals surface area (Å²) in [6.07, 6.45) is 3.44. The second-order valence-corrected chi connectivity index (χ2v) is 15.3. The van der Waals surface area contributed by atoms with Crippen LogP contribution in [0.1, 0.15) is 73.6 Å². The Morgan fingerprint density at radius 1 is 1.08 bits per heavy atom. The second-order valence-electron chi connectivity index (χ2n) is 14.5. The lowest BCUT2D eigenvalue weighted by atomic mass is 9.81. The van der Waals surface area contributed by atoms with Crippen LogP contribution in [0.15, 0.2) is 34.2 Å². The molecule has 2 N–H and O–H groups in total. The molecular weight excluding hydrogens is 698 g/mol. The highest BCUT2D eigenvalue weighted by Crippen LogP contribution is 2.53. The first-order valence-corrected chi connectivity index (χ1v) is 18.9. The molecule has 3 atom stereocenters. The van der Waals surface area contributed by atoms with Crippen LogP contribution in [0.25, 0.3) is 11.1 Å². The summed E-state index contributed by atoms with van der Waals surface area (Å²) >= 11 is 1.43. The summed E-state index contributed by atoms with van der Waals surface area (Å²) in [6.45, 7) is 9.86. The SMILES string of the molecule is CSc1cc(C)[nH]c(=O)c1CNC(=O)c1cc(-c2cnc(N3C[C@@H](C)O[C@@H](C)C3)nc2)c2c(c1C)OC(C)(C1CCC(N(C)CC(F)(F)F)CC1)O2. The van der Waals surface area contributed by atoms with Gasteiger partial charge in [0.15, 0.2) is 11.5 Å². The Hall–Kier alpha value is -3.82. The minimum atomic E-state index is -4.26. The van der Waals surface area contributed by atoms with Crippen molar-refractivity contribution in [3.05, 3.63) is 57.3 Å². The van der Waals surface area contributed by atoms with Crippen molar-refractivity contribution >= 4 is 23.6 Å². The van der Waals surface area contributed by atoms with Gasteiger partial charge in [-0.15, -0.1) is 11.8 Å². The molecule has 2 aromatic heterocycles. The van der Waals surface area contributed by atoms with Crippen molar-refractivity contribution in [1.29, 1.82) is 0 Å². The Morgan fingerprint density at radius 3 is 2.33 bits per heavy atom. The zero-order valence-corrected chi connectivity index (χ0v) is 31.5. The van der Waals surface area contributed by atoms with Gasteiger partial charge in [0.05, 0.1) is 18.8 Å². The number of halogens is 3. The molecule has 3 aromatic rings. The van der Waals surface area contributed by atoms with E-state index in [2.05, 4.69) is 15.2 Å². The Labute approximate surface area is 306 Å². The van der Waals surface area contributed by atoms with E-state index in [0.29, 0.717) is 84.0 Å². The number of aryl methyl sites for hydroxylation is 1. The Kier molecular flexibility index (Phi) is 10.9. The fourth-order valence-corrected chi connectivity index (χ4v) is 8.42. The molecule has 0 radical (unpaired) electrons. The lowest BCUT2D eigenvalue weighted by Crippen LogP contribution is -2.48. The van der Waals surface area contributed by atoms with E-state index in [1.165, 1.54) is 23.7 Å². The van der Waals surface area contributed by atoms with Crippen LogP contribution < -0.4 is 25.2 Å². The Bertz CT molecular complexity index is 1840. The standard InChI is InChI=1S/C37H47F3N6O5S/c1-20-12-30(52-7)29(34(48)44-20)16-41-33(47)27-13-28(24-14-42-35(43-15-24)46-17-21(2)49-22(3)18-46)32-31(23(27)4)50-36(5,51-32)25-8-10-26(11-9-25)45(6)19-37(38,39)40/h12-15,21-22,25-26H,8-11,16-19H2,1-7H3,(H,41,47)(H,44,48)/t21-,22+,25?,26?,36?. The van der Waals surface area contributed by atoms with Crippen molar-refractivity contribution in [2.75, 3.05) is 37.8 Å². The number of hydrogen-bond donors (Lipinski definition) is 2. The molecule has 0 bridgehead atoms. The molecule has 1 amide bonds. The zero-order valence-electron chi connectivity index (χ0n) is 30.6.